The van der Waals surface area contributed by atoms with Crippen molar-refractivity contribution in [3.05, 3.63) is 485 Å². The minimum Gasteiger partial charge on any atom is -1.00 e. The molecule has 0 amide bonds. The molecule has 2 aliphatic heterocycles. The maximum Gasteiger partial charge on any atom is 1.00 e. The first kappa shape index (κ1) is 127. The average Bonchev–Trinajstić information content (AvgIpc) is 1.60. The average molecular weight is 2290 g/mol. The van der Waals surface area contributed by atoms with Gasteiger partial charge >= 0.3 is 245 Å². The molecular formula is C127H152BCl4F4LiN3OP2Ru2Si2+. The number of allylic oxidation sites excluding steroid dienone is 2. The fraction of sp³-hybridized carbons (Fsp3) is 0.260. The van der Waals surface area contributed by atoms with Crippen LogP contribution in [0.3, 0.4) is 0 Å². The summed E-state index contributed by atoms with van der Waals surface area (Å²) in [5, 5.41) is 8.61. The van der Waals surface area contributed by atoms with E-state index in [1.54, 1.807) is 0 Å². The van der Waals surface area contributed by atoms with Crippen LogP contribution in [-0.4, -0.2) is 60.7 Å². The van der Waals surface area contributed by atoms with Gasteiger partial charge in [0, 0.05) is 48.2 Å². The Labute approximate surface area is 924 Å². The van der Waals surface area contributed by atoms with E-state index in [4.69, 9.17) is 48.1 Å². The van der Waals surface area contributed by atoms with Crippen molar-refractivity contribution in [3.8, 4) is 5.75 Å². The molecule has 2 unspecified atom stereocenters. The van der Waals surface area contributed by atoms with Crippen LogP contribution in [-0.2, 0) is 63.5 Å². The molecule has 0 spiro atoms. The maximum atomic E-state index is 9.67. The summed E-state index contributed by atoms with van der Waals surface area (Å²) in [6.45, 7) is 51.4. The van der Waals surface area contributed by atoms with E-state index in [9.17, 15) is 12.9 Å². The summed E-state index contributed by atoms with van der Waals surface area (Å²) in [4.78, 5) is 2.57. The number of ether oxygens (including phenoxy) is 1. The Hall–Kier alpha value is -8.65. The number of aryl methyl sites for hydroxylation is 4. The second kappa shape index (κ2) is 63.0. The molecule has 4 nitrogen and oxygen atoms in total. The first-order valence-corrected chi connectivity index (χ1v) is 70.3. The molecule has 0 bridgehead atoms. The van der Waals surface area contributed by atoms with Gasteiger partial charge in [-0.2, -0.15) is 4.58 Å². The molecule has 1 saturated heterocycles. The summed E-state index contributed by atoms with van der Waals surface area (Å²) in [6.07, 6.45) is 17.7. The third-order valence-corrected chi connectivity index (χ3v) is 39.8. The van der Waals surface area contributed by atoms with Gasteiger partial charge in [-0.15, -0.1) is 5.41 Å². The van der Waals surface area contributed by atoms with Crippen molar-refractivity contribution in [3.63, 3.8) is 0 Å². The number of hydrogen-bond acceptors (Lipinski definition) is 2. The van der Waals surface area contributed by atoms with Gasteiger partial charge in [0.25, 0.3) is 0 Å². The van der Waals surface area contributed by atoms with E-state index in [1.807, 2.05) is 86.1 Å². The molecule has 2 atom stereocenters. The van der Waals surface area contributed by atoms with Crippen LogP contribution in [0, 0.1) is 25.4 Å². The fourth-order valence-electron chi connectivity index (χ4n) is 18.8. The van der Waals surface area contributed by atoms with Crippen molar-refractivity contribution in [1.29, 1.82) is 0 Å². The Balaban J connectivity index is 0.000000258. The normalized spacial score (nSPS) is 15.0. The fourth-order valence-corrected chi connectivity index (χ4v) is 35.6. The minimum atomic E-state index is -3.67. The molecule has 774 valence electrons. The first-order chi connectivity index (χ1) is 68.8. The molecule has 14 aromatic carbocycles. The summed E-state index contributed by atoms with van der Waals surface area (Å²) < 4.78 is 45.0. The maximum absolute atomic E-state index is 9.67. The molecule has 2 heterocycles. The Bertz CT molecular complexity index is 6030. The van der Waals surface area contributed by atoms with Gasteiger partial charge in [0.15, 0.2) is 20.0 Å². The number of para-hydroxylation sites is 3. The summed E-state index contributed by atoms with van der Waals surface area (Å²) in [5.41, 5.74) is 20.3. The number of benzene rings is 14. The zero-order chi connectivity index (χ0) is 105. The van der Waals surface area contributed by atoms with Gasteiger partial charge in [-0.3, -0.25) is 12.9 Å². The van der Waals surface area contributed by atoms with Crippen LogP contribution in [0.2, 0.25) is 32.7 Å². The monoisotopic (exact) mass is 2290 g/mol. The SMILES string of the molecule is C.C/C=C/c1ccccc1OC(C)C.CC(C)[CH-]c1ccccc1[CH]=[Ru]([Cl])[Cl].CCc1cccc(CC)c1N1[CH-]C(C)(c2ccccc2)CC1(C)C.CCc1cccc(CC)c1[N+]1=CC(C)(c2ccccc2)CC1(C)C.FB(F)F.[CH2+][Si](C)(C)[N-][Si](C)(C)C.[Cl][Ru]([Cl])=[C]1C=C(c2ccccc2)c2ccccc21.[F-].[Li+].c1ccc([PH+](c2ccccc2)c2ccccc2)cc1.c1ccc([PH+](c2ccccc2)c2ccccc2)cc1. The van der Waals surface area contributed by atoms with Crippen LogP contribution in [0.4, 0.5) is 24.3 Å². The molecular weight excluding hydrogens is 2140 g/mol. The number of hydrogen-bond donors (Lipinski definition) is 0. The quantitative estimate of drug-likeness (QED) is 0.0210. The van der Waals surface area contributed by atoms with Gasteiger partial charge in [-0.25, -0.2) is 6.54 Å². The predicted octanol–water partition coefficient (Wildman–Crippen LogP) is 28.3. The standard InChI is InChI=1S/2C23H30N.2C18H15P.C15H10.C12H16O.C11H13.C6H17NSi2.CH4.BF3.4ClH.FH.Li.2Ru/c2*1-6-18-12-11-13-19(7-2)21(18)24-17-23(5,16-22(24,3)4)20-14-9-8-10-15-20;2*1-4-10-16(11-5-1)19(17-12-6-2-7-13-17)18-14-8-3-9-15-18;1-2-6-12(7-3-1)15-11-10-13-8-4-5-9-14(13)15;1-4-7-11-8-5-6-9-12(11)13-10(2)3;1-9(2)8-11-7-5-4-6-10(11)3;1-8(2,3)7-9(4,5)6;;2-1(3)4;;;;;;;;/h2*8-15,17H,6-7,16H2,1-5H3;2*1-15H;1-9,11H;4-10H,1-3H3;3-9H,1-2H3;1H2,2-6H3;1H4;;5*1H;;;/q-1;+1;;;;;-1;;;;;;;;;+1;2*+2/p-3/b;;;;;7-4+;;;;;;;;;;;;. The molecule has 14 aromatic rings. The number of rotatable bonds is 23. The van der Waals surface area contributed by atoms with Gasteiger partial charge in [0.1, 0.15) is 37.6 Å². The van der Waals surface area contributed by atoms with Gasteiger partial charge in [-0.05, 0) is 189 Å². The molecule has 3 aliphatic rings. The smallest absolute Gasteiger partial charge is 1.00 e. The van der Waals surface area contributed by atoms with Crippen molar-refractivity contribution in [2.75, 3.05) is 4.90 Å². The van der Waals surface area contributed by atoms with Gasteiger partial charge in [0.05, 0.1) is 27.4 Å². The van der Waals surface area contributed by atoms with Crippen LogP contribution >= 0.6 is 54.6 Å². The Morgan fingerprint density at radius 1 is 0.483 bits per heavy atom. The minimum absolute atomic E-state index is 0. The van der Waals surface area contributed by atoms with Crippen LogP contribution in [0.1, 0.15) is 191 Å². The topological polar surface area (TPSA) is 29.6 Å². The predicted molar refractivity (Wildman–Crippen MR) is 641 cm³/mol. The van der Waals surface area contributed by atoms with E-state index in [1.165, 1.54) is 104 Å². The third-order valence-electron chi connectivity index (χ3n) is 24.3. The molecule has 147 heavy (non-hydrogen) atoms. The first-order valence-electron chi connectivity index (χ1n) is 49.9. The molecule has 0 aromatic heterocycles. The van der Waals surface area contributed by atoms with E-state index >= 15 is 0 Å². The van der Waals surface area contributed by atoms with Gasteiger partial charge in [-0.1, -0.05) is 312 Å². The van der Waals surface area contributed by atoms with Crippen LogP contribution in [0.15, 0.2) is 394 Å². The summed E-state index contributed by atoms with van der Waals surface area (Å²) in [5.74, 6) is 1.49. The Morgan fingerprint density at radius 2 is 0.837 bits per heavy atom. The van der Waals surface area contributed by atoms with Crippen molar-refractivity contribution in [2.45, 2.75) is 211 Å². The molecule has 17 rings (SSSR count). The van der Waals surface area contributed by atoms with E-state index in [2.05, 4.69) is 491 Å². The van der Waals surface area contributed by atoms with E-state index in [0.29, 0.717) is 5.92 Å². The third kappa shape index (κ3) is 39.8. The largest absolute Gasteiger partial charge is 1.00 e. The van der Waals surface area contributed by atoms with Crippen molar-refractivity contribution in [2.24, 2.45) is 5.92 Å². The van der Waals surface area contributed by atoms with Crippen molar-refractivity contribution >= 4 is 148 Å². The number of fused-ring (bicyclic) bond motifs is 1. The summed E-state index contributed by atoms with van der Waals surface area (Å²) >= 11 is -3.59. The second-order valence-electron chi connectivity index (χ2n) is 39.6. The van der Waals surface area contributed by atoms with Crippen molar-refractivity contribution in [1.82, 2.24) is 0 Å². The van der Waals surface area contributed by atoms with E-state index < -0.39 is 66.9 Å². The van der Waals surface area contributed by atoms with Crippen LogP contribution in [0.25, 0.3) is 16.3 Å². The number of anilines is 1. The second-order valence-corrected chi connectivity index (χ2v) is 65.0. The Morgan fingerprint density at radius 3 is 1.20 bits per heavy atom. The molecule has 1 fully saturated rings. The molecule has 0 radical (unpaired) electrons. The summed E-state index contributed by atoms with van der Waals surface area (Å²) in [7, 11) is 16.2. The van der Waals surface area contributed by atoms with Gasteiger partial charge < -0.3 is 19.0 Å². The van der Waals surface area contributed by atoms with Gasteiger partial charge in [0.2, 0.25) is 5.69 Å². The van der Waals surface area contributed by atoms with E-state index in [-0.39, 0.29) is 59.0 Å². The zero-order valence-electron chi connectivity index (χ0n) is 89.1. The van der Waals surface area contributed by atoms with Crippen molar-refractivity contribution < 1.29 is 72.9 Å². The molecule has 20 heteroatoms. The van der Waals surface area contributed by atoms with Crippen LogP contribution < -0.4 is 65.0 Å². The molecule has 1 aliphatic carbocycles. The molecule has 0 saturated carbocycles. The number of halogens is 8. The number of nitrogens with zero attached hydrogens (tertiary/aromatic N) is 3. The van der Waals surface area contributed by atoms with E-state index in [0.717, 1.165) is 59.5 Å². The zero-order valence-corrected chi connectivity index (χ0v) is 99.6. The van der Waals surface area contributed by atoms with Crippen LogP contribution in [0.5, 0.6) is 5.75 Å². The molecule has 0 N–H and O–H groups in total. The Kier molecular flexibility index (Phi) is 54.4. The summed E-state index contributed by atoms with van der Waals surface area (Å²) in [6, 6.07) is 135.